The second-order valence-corrected chi connectivity index (χ2v) is 8.62. The highest BCUT2D eigenvalue weighted by molar-refractivity contribution is 9.10. The van der Waals surface area contributed by atoms with Crippen LogP contribution in [0.15, 0.2) is 77.3 Å². The smallest absolute Gasteiger partial charge is 0.252 e. The number of carbonyl (C=O) groups excluding carboxylic acids is 1. The van der Waals surface area contributed by atoms with E-state index < -0.39 is 0 Å². The van der Waals surface area contributed by atoms with Crippen LogP contribution in [0, 0.1) is 0 Å². The molecule has 0 saturated heterocycles. The standard InChI is InChI=1S/C25H26BrN3O/c1-28(2)20-13-11-19(12-14-20)24(29-16-15-18-7-3-6-10-23(18)29)17-27-25(30)21-8-4-5-9-22(21)26/h3-14,24H,15-17H2,1-2H3,(H,27,30). The highest BCUT2D eigenvalue weighted by Gasteiger charge is 2.27. The molecule has 1 aliphatic rings. The molecule has 1 N–H and O–H groups in total. The largest absolute Gasteiger partial charge is 0.378 e. The molecule has 4 nitrogen and oxygen atoms in total. The van der Waals surface area contributed by atoms with Crippen LogP contribution in [-0.4, -0.2) is 33.1 Å². The number of fused-ring (bicyclic) bond motifs is 1. The maximum Gasteiger partial charge on any atom is 0.252 e. The number of rotatable bonds is 6. The Balaban J connectivity index is 1.61. The molecule has 0 radical (unpaired) electrons. The number of para-hydroxylation sites is 1. The Kier molecular flexibility index (Phi) is 6.09. The minimum absolute atomic E-state index is 0.0649. The van der Waals surface area contributed by atoms with E-state index >= 15 is 0 Å². The van der Waals surface area contributed by atoms with E-state index in [1.807, 2.05) is 38.4 Å². The minimum atomic E-state index is -0.0649. The van der Waals surface area contributed by atoms with E-state index in [4.69, 9.17) is 0 Å². The number of carbonyl (C=O) groups is 1. The van der Waals surface area contributed by atoms with Gasteiger partial charge in [-0.2, -0.15) is 0 Å². The van der Waals surface area contributed by atoms with E-state index in [-0.39, 0.29) is 11.9 Å². The maximum absolute atomic E-state index is 12.8. The molecule has 0 aromatic heterocycles. The average molecular weight is 464 g/mol. The van der Waals surface area contributed by atoms with E-state index in [1.165, 1.54) is 16.8 Å². The lowest BCUT2D eigenvalue weighted by molar-refractivity contribution is 0.0950. The van der Waals surface area contributed by atoms with Crippen LogP contribution in [0.1, 0.15) is 27.5 Å². The van der Waals surface area contributed by atoms with Crippen molar-refractivity contribution in [3.05, 3.63) is 94.0 Å². The number of anilines is 2. The van der Waals surface area contributed by atoms with Crippen LogP contribution in [0.25, 0.3) is 0 Å². The van der Waals surface area contributed by atoms with Gasteiger partial charge in [0.05, 0.1) is 11.6 Å². The highest BCUT2D eigenvalue weighted by Crippen LogP contribution is 2.35. The molecule has 0 spiro atoms. The van der Waals surface area contributed by atoms with Crippen LogP contribution < -0.4 is 15.1 Å². The fourth-order valence-electron chi connectivity index (χ4n) is 4.02. The van der Waals surface area contributed by atoms with E-state index in [1.54, 1.807) is 0 Å². The normalized spacial score (nSPS) is 13.6. The molecule has 5 heteroatoms. The van der Waals surface area contributed by atoms with Crippen LogP contribution in [0.5, 0.6) is 0 Å². The third-order valence-corrected chi connectivity index (χ3v) is 6.36. The summed E-state index contributed by atoms with van der Waals surface area (Å²) < 4.78 is 0.806. The van der Waals surface area contributed by atoms with Gasteiger partial charge < -0.3 is 15.1 Å². The van der Waals surface area contributed by atoms with Crippen molar-refractivity contribution < 1.29 is 4.79 Å². The Hall–Kier alpha value is -2.79. The van der Waals surface area contributed by atoms with Crippen LogP contribution in [-0.2, 0) is 6.42 Å². The summed E-state index contributed by atoms with van der Waals surface area (Å²) in [7, 11) is 4.09. The Morgan fingerprint density at radius 1 is 1.03 bits per heavy atom. The molecule has 1 atom stereocenters. The molecule has 0 aliphatic carbocycles. The van der Waals surface area contributed by atoms with Crippen molar-refractivity contribution in [3.8, 4) is 0 Å². The number of hydrogen-bond acceptors (Lipinski definition) is 3. The fraction of sp³-hybridized carbons (Fsp3) is 0.240. The van der Waals surface area contributed by atoms with Gasteiger partial charge in [-0.25, -0.2) is 0 Å². The van der Waals surface area contributed by atoms with Gasteiger partial charge in [0.2, 0.25) is 0 Å². The first-order valence-corrected chi connectivity index (χ1v) is 11.0. The molecule has 30 heavy (non-hydrogen) atoms. The van der Waals surface area contributed by atoms with Crippen molar-refractivity contribution in [2.75, 3.05) is 37.0 Å². The second-order valence-electron chi connectivity index (χ2n) is 7.76. The van der Waals surface area contributed by atoms with Gasteiger partial charge in [-0.15, -0.1) is 0 Å². The number of hydrogen-bond donors (Lipinski definition) is 1. The van der Waals surface area contributed by atoms with E-state index in [2.05, 4.69) is 79.6 Å². The first kappa shape index (κ1) is 20.5. The molecule has 1 heterocycles. The Bertz CT molecular complexity index is 1030. The van der Waals surface area contributed by atoms with Crippen molar-refractivity contribution in [3.63, 3.8) is 0 Å². The van der Waals surface area contributed by atoms with E-state index in [9.17, 15) is 4.79 Å². The van der Waals surface area contributed by atoms with Crippen molar-refractivity contribution in [2.24, 2.45) is 0 Å². The third-order valence-electron chi connectivity index (χ3n) is 5.67. The van der Waals surface area contributed by atoms with Crippen molar-refractivity contribution >= 4 is 33.2 Å². The van der Waals surface area contributed by atoms with Gasteiger partial charge in [-0.1, -0.05) is 42.5 Å². The third kappa shape index (κ3) is 4.21. The first-order valence-electron chi connectivity index (χ1n) is 10.2. The summed E-state index contributed by atoms with van der Waals surface area (Å²) >= 11 is 3.48. The summed E-state index contributed by atoms with van der Waals surface area (Å²) in [5.74, 6) is -0.0649. The highest BCUT2D eigenvalue weighted by atomic mass is 79.9. The molecule has 1 amide bonds. The van der Waals surface area contributed by atoms with Gasteiger partial charge in [-0.05, 0) is 63.8 Å². The van der Waals surface area contributed by atoms with Crippen LogP contribution >= 0.6 is 15.9 Å². The molecule has 1 unspecified atom stereocenters. The summed E-state index contributed by atoms with van der Waals surface area (Å²) in [5.41, 5.74) is 5.64. The molecule has 3 aromatic rings. The van der Waals surface area contributed by atoms with Crippen LogP contribution in [0.4, 0.5) is 11.4 Å². The zero-order valence-electron chi connectivity index (χ0n) is 17.3. The van der Waals surface area contributed by atoms with Crippen molar-refractivity contribution in [1.82, 2.24) is 5.32 Å². The number of nitrogens with zero attached hydrogens (tertiary/aromatic N) is 2. The number of halogens is 1. The lowest BCUT2D eigenvalue weighted by atomic mass is 10.0. The quantitative estimate of drug-likeness (QED) is 0.555. The number of benzene rings is 3. The molecule has 154 valence electrons. The average Bonchev–Trinajstić information content (AvgIpc) is 3.18. The summed E-state index contributed by atoms with van der Waals surface area (Å²) in [6, 6.07) is 24.8. The molecule has 1 aliphatic heterocycles. The number of nitrogens with one attached hydrogen (secondary N) is 1. The lowest BCUT2D eigenvalue weighted by Gasteiger charge is -2.31. The SMILES string of the molecule is CN(C)c1ccc(C(CNC(=O)c2ccccc2Br)N2CCc3ccccc32)cc1. The molecular formula is C25H26BrN3O. The first-order chi connectivity index (χ1) is 14.5. The predicted octanol–water partition coefficient (Wildman–Crippen LogP) is 5.05. The molecule has 4 rings (SSSR count). The summed E-state index contributed by atoms with van der Waals surface area (Å²) in [5, 5.41) is 3.16. The predicted molar refractivity (Wildman–Crippen MR) is 127 cm³/mol. The Morgan fingerprint density at radius 3 is 2.47 bits per heavy atom. The zero-order valence-corrected chi connectivity index (χ0v) is 18.9. The van der Waals surface area contributed by atoms with Crippen molar-refractivity contribution in [2.45, 2.75) is 12.5 Å². The molecule has 3 aromatic carbocycles. The fourth-order valence-corrected chi connectivity index (χ4v) is 4.48. The van der Waals surface area contributed by atoms with Gasteiger partial charge in [0, 0.05) is 43.0 Å². The topological polar surface area (TPSA) is 35.6 Å². The van der Waals surface area contributed by atoms with Gasteiger partial charge in [0.15, 0.2) is 0 Å². The zero-order chi connectivity index (χ0) is 21.1. The van der Waals surface area contributed by atoms with Crippen LogP contribution in [0.3, 0.4) is 0 Å². The minimum Gasteiger partial charge on any atom is -0.378 e. The monoisotopic (exact) mass is 463 g/mol. The Morgan fingerprint density at radius 2 is 1.73 bits per heavy atom. The molecule has 0 fully saturated rings. The van der Waals surface area contributed by atoms with Gasteiger partial charge in [0.1, 0.15) is 0 Å². The van der Waals surface area contributed by atoms with Gasteiger partial charge in [-0.3, -0.25) is 4.79 Å². The van der Waals surface area contributed by atoms with Gasteiger partial charge in [0.25, 0.3) is 5.91 Å². The summed E-state index contributed by atoms with van der Waals surface area (Å²) in [6.45, 7) is 1.49. The lowest BCUT2D eigenvalue weighted by Crippen LogP contribution is -2.37. The van der Waals surface area contributed by atoms with E-state index in [0.717, 1.165) is 23.1 Å². The number of amides is 1. The molecule has 0 bridgehead atoms. The second kappa shape index (κ2) is 8.92. The Labute approximate surface area is 186 Å². The molecular weight excluding hydrogens is 438 g/mol. The summed E-state index contributed by atoms with van der Waals surface area (Å²) in [4.78, 5) is 17.4. The van der Waals surface area contributed by atoms with Crippen LogP contribution in [0.2, 0.25) is 0 Å². The van der Waals surface area contributed by atoms with Gasteiger partial charge >= 0.3 is 0 Å². The molecule has 0 saturated carbocycles. The van der Waals surface area contributed by atoms with Crippen molar-refractivity contribution in [1.29, 1.82) is 0 Å². The van der Waals surface area contributed by atoms with E-state index in [0.29, 0.717) is 12.1 Å². The maximum atomic E-state index is 12.8. The summed E-state index contributed by atoms with van der Waals surface area (Å²) in [6.07, 6.45) is 1.03.